The van der Waals surface area contributed by atoms with E-state index in [2.05, 4.69) is 57.2 Å². The molecule has 1 aliphatic rings. The molecule has 1 unspecified atom stereocenters. The van der Waals surface area contributed by atoms with Gasteiger partial charge in [-0.05, 0) is 66.1 Å². The first-order valence-electron chi connectivity index (χ1n) is 15.1. The number of allylic oxidation sites excluding steroid dienone is 1. The molecule has 0 aliphatic heterocycles. The van der Waals surface area contributed by atoms with Crippen molar-refractivity contribution in [1.82, 2.24) is 0 Å². The molecule has 5 rings (SSSR count). The first kappa shape index (κ1) is 30.9. The molecule has 0 saturated heterocycles. The summed E-state index contributed by atoms with van der Waals surface area (Å²) >= 11 is 0. The molecule has 0 fully saturated rings. The summed E-state index contributed by atoms with van der Waals surface area (Å²) in [5.41, 5.74) is 9.05. The number of benzene rings is 3. The lowest BCUT2D eigenvalue weighted by molar-refractivity contribution is -0.115. The average molecular weight is 535 g/mol. The van der Waals surface area contributed by atoms with E-state index in [9.17, 15) is 4.79 Å². The summed E-state index contributed by atoms with van der Waals surface area (Å²) in [4.78, 5) is 13.0. The van der Waals surface area contributed by atoms with Gasteiger partial charge in [0.2, 0.25) is 0 Å². The van der Waals surface area contributed by atoms with E-state index in [0.29, 0.717) is 0 Å². The minimum Gasteiger partial charge on any atom is -0.472 e. The third-order valence-corrected chi connectivity index (χ3v) is 7.40. The lowest BCUT2D eigenvalue weighted by atomic mass is 9.78. The van der Waals surface area contributed by atoms with Crippen LogP contribution in [0.1, 0.15) is 100.0 Å². The molecular weight excluding hydrogens is 488 g/mol. The molecule has 0 amide bonds. The molecule has 0 N–H and O–H groups in total. The third kappa shape index (κ3) is 8.42. The van der Waals surface area contributed by atoms with E-state index in [1.807, 2.05) is 62.4 Å². The molecule has 210 valence electrons. The maximum absolute atomic E-state index is 13.0. The highest BCUT2D eigenvalue weighted by atomic mass is 16.3. The van der Waals surface area contributed by atoms with E-state index < -0.39 is 0 Å². The van der Waals surface area contributed by atoms with Gasteiger partial charge in [-0.2, -0.15) is 0 Å². The second-order valence-corrected chi connectivity index (χ2v) is 10.3. The Morgan fingerprint density at radius 2 is 1.40 bits per heavy atom. The smallest absolute Gasteiger partial charge is 0.170 e. The number of unbranched alkanes of at least 4 members (excludes halogenated alkanes) is 4. The van der Waals surface area contributed by atoms with Crippen LogP contribution in [0, 0.1) is 6.92 Å². The molecule has 3 aromatic carbocycles. The highest BCUT2D eigenvalue weighted by molar-refractivity contribution is 6.29. The number of hydrogen-bond donors (Lipinski definition) is 0. The molecule has 1 heterocycles. The minimum atomic E-state index is -0.0465. The van der Waals surface area contributed by atoms with Gasteiger partial charge in [-0.25, -0.2) is 0 Å². The minimum absolute atomic E-state index is 0.0465. The maximum atomic E-state index is 13.0. The van der Waals surface area contributed by atoms with Gasteiger partial charge in [0.05, 0.1) is 12.5 Å². The Balaban J connectivity index is 0.000000236. The molecule has 0 radical (unpaired) electrons. The van der Waals surface area contributed by atoms with Crippen molar-refractivity contribution in [3.8, 4) is 11.1 Å². The molecule has 2 heteroatoms. The summed E-state index contributed by atoms with van der Waals surface area (Å²) < 4.78 is 5.13. The van der Waals surface area contributed by atoms with Crippen LogP contribution in [0.4, 0.5) is 0 Å². The third-order valence-electron chi connectivity index (χ3n) is 7.40. The van der Waals surface area contributed by atoms with Gasteiger partial charge in [0.15, 0.2) is 5.78 Å². The number of Topliss-reactive ketones (excluding diaryl/α,β-unsaturated/α-hetero) is 1. The van der Waals surface area contributed by atoms with E-state index in [1.165, 1.54) is 49.7 Å². The van der Waals surface area contributed by atoms with Gasteiger partial charge in [-0.1, -0.05) is 132 Å². The quantitative estimate of drug-likeness (QED) is 0.200. The summed E-state index contributed by atoms with van der Waals surface area (Å²) in [6.45, 7) is 10.5. The molecule has 0 saturated carbocycles. The number of aryl methyl sites for hydroxylation is 2. The lowest BCUT2D eigenvalue weighted by Gasteiger charge is -2.23. The Bertz CT molecular complexity index is 1310. The van der Waals surface area contributed by atoms with Crippen LogP contribution in [0.15, 0.2) is 95.8 Å². The number of carbonyl (C=O) groups excluding carboxylic acids is 1. The van der Waals surface area contributed by atoms with Crippen LogP contribution < -0.4 is 0 Å². The topological polar surface area (TPSA) is 30.2 Å². The normalized spacial score (nSPS) is 13.8. The molecule has 2 nitrogen and oxygen atoms in total. The first-order valence-corrected chi connectivity index (χ1v) is 15.1. The predicted octanol–water partition coefficient (Wildman–Crippen LogP) is 11.1. The summed E-state index contributed by atoms with van der Waals surface area (Å²) in [6.07, 6.45) is 14.4. The maximum Gasteiger partial charge on any atom is 0.170 e. The summed E-state index contributed by atoms with van der Waals surface area (Å²) in [5, 5.41) is 0. The van der Waals surface area contributed by atoms with Crippen LogP contribution in [0.5, 0.6) is 0 Å². The zero-order valence-electron chi connectivity index (χ0n) is 25.1. The van der Waals surface area contributed by atoms with Crippen LogP contribution in [-0.4, -0.2) is 5.78 Å². The van der Waals surface area contributed by atoms with E-state index in [-0.39, 0.29) is 11.7 Å². The standard InChI is InChI=1S/C22H18O2.C14H22.C2H6/c1-2-19-20-6-4-3-5-17(20)13-21(22(19)23)16-9-7-15(8-10-16)18-11-12-24-14-18;1-3-4-5-6-7-8-14-11-9-13(2)10-12-14;1-2/h3-14,19H,2H2,1H3;9-12H,3-8H2,1-2H3;1-2H3. The van der Waals surface area contributed by atoms with Crippen LogP contribution >= 0.6 is 0 Å². The molecule has 1 atom stereocenters. The van der Waals surface area contributed by atoms with Crippen molar-refractivity contribution < 1.29 is 9.21 Å². The number of carbonyl (C=O) groups is 1. The summed E-state index contributed by atoms with van der Waals surface area (Å²) in [7, 11) is 0. The first-order chi connectivity index (χ1) is 19.6. The second kappa shape index (κ2) is 16.5. The highest BCUT2D eigenvalue weighted by Gasteiger charge is 2.28. The van der Waals surface area contributed by atoms with Gasteiger partial charge in [0, 0.05) is 17.1 Å². The van der Waals surface area contributed by atoms with E-state index in [1.54, 1.807) is 12.5 Å². The Morgan fingerprint density at radius 3 is 2.05 bits per heavy atom. The summed E-state index contributed by atoms with van der Waals surface area (Å²) in [5.74, 6) is 0.169. The van der Waals surface area contributed by atoms with Crippen molar-refractivity contribution in [2.45, 2.75) is 85.5 Å². The van der Waals surface area contributed by atoms with Gasteiger partial charge in [-0.3, -0.25) is 4.79 Å². The number of rotatable bonds is 9. The lowest BCUT2D eigenvalue weighted by Crippen LogP contribution is -2.18. The molecule has 4 aromatic rings. The van der Waals surface area contributed by atoms with Gasteiger partial charge < -0.3 is 4.42 Å². The van der Waals surface area contributed by atoms with E-state index in [4.69, 9.17) is 4.42 Å². The summed E-state index contributed by atoms with van der Waals surface area (Å²) in [6, 6.07) is 27.2. The number of furan rings is 1. The van der Waals surface area contributed by atoms with E-state index >= 15 is 0 Å². The van der Waals surface area contributed by atoms with Crippen molar-refractivity contribution >= 4 is 17.4 Å². The molecule has 0 bridgehead atoms. The molecular formula is C38H46O2. The molecule has 1 aliphatic carbocycles. The predicted molar refractivity (Wildman–Crippen MR) is 171 cm³/mol. The van der Waals surface area contributed by atoms with E-state index in [0.717, 1.165) is 39.8 Å². The fraction of sp³-hybridized carbons (Fsp3) is 0.342. The van der Waals surface area contributed by atoms with Crippen LogP contribution in [0.3, 0.4) is 0 Å². The fourth-order valence-corrected chi connectivity index (χ4v) is 5.10. The van der Waals surface area contributed by atoms with Gasteiger partial charge in [0.1, 0.15) is 0 Å². The number of fused-ring (bicyclic) bond motifs is 1. The highest BCUT2D eigenvalue weighted by Crippen LogP contribution is 2.37. The van der Waals surface area contributed by atoms with Gasteiger partial charge in [0.25, 0.3) is 0 Å². The van der Waals surface area contributed by atoms with Crippen molar-refractivity contribution in [2.24, 2.45) is 0 Å². The zero-order valence-corrected chi connectivity index (χ0v) is 25.1. The van der Waals surface area contributed by atoms with Crippen LogP contribution in [-0.2, 0) is 11.2 Å². The number of ketones is 1. The number of hydrogen-bond acceptors (Lipinski definition) is 2. The average Bonchev–Trinajstić information content (AvgIpc) is 3.55. The Hall–Kier alpha value is -3.65. The van der Waals surface area contributed by atoms with Gasteiger partial charge >= 0.3 is 0 Å². The second-order valence-electron chi connectivity index (χ2n) is 10.3. The van der Waals surface area contributed by atoms with Crippen molar-refractivity contribution in [2.75, 3.05) is 0 Å². The fourth-order valence-electron chi connectivity index (χ4n) is 5.10. The van der Waals surface area contributed by atoms with Crippen molar-refractivity contribution in [3.05, 3.63) is 119 Å². The zero-order chi connectivity index (χ0) is 28.7. The largest absolute Gasteiger partial charge is 0.472 e. The van der Waals surface area contributed by atoms with Crippen LogP contribution in [0.2, 0.25) is 0 Å². The van der Waals surface area contributed by atoms with Gasteiger partial charge in [-0.15, -0.1) is 0 Å². The molecule has 40 heavy (non-hydrogen) atoms. The molecule has 0 spiro atoms. The van der Waals surface area contributed by atoms with Crippen molar-refractivity contribution in [1.29, 1.82) is 0 Å². The SMILES string of the molecule is CC.CCC1C(=O)C(c2ccc(-c3ccoc3)cc2)=Cc2ccccc21.CCCCCCCc1ccc(C)cc1. The Kier molecular flexibility index (Phi) is 12.7. The monoisotopic (exact) mass is 534 g/mol. The molecule has 1 aromatic heterocycles. The Morgan fingerprint density at radius 1 is 0.725 bits per heavy atom. The van der Waals surface area contributed by atoms with Crippen LogP contribution in [0.25, 0.3) is 22.8 Å². The Labute approximate surface area is 242 Å². The van der Waals surface area contributed by atoms with Crippen molar-refractivity contribution in [3.63, 3.8) is 0 Å².